The Labute approximate surface area is 175 Å². The van der Waals surface area contributed by atoms with E-state index in [-0.39, 0.29) is 17.9 Å². The topological polar surface area (TPSA) is 140 Å². The Morgan fingerprint density at radius 2 is 1.47 bits per heavy atom. The molecular formula is C19H30N4O7. The Balaban J connectivity index is 0.000000343. The van der Waals surface area contributed by atoms with Gasteiger partial charge in [-0.25, -0.2) is 9.59 Å². The molecule has 3 aliphatic rings. The fraction of sp³-hybridized carbons (Fsp3) is 0.684. The molecular weight excluding hydrogens is 396 g/mol. The number of rotatable bonds is 6. The molecule has 3 heterocycles. The summed E-state index contributed by atoms with van der Waals surface area (Å²) in [5, 5.41) is 18.4. The molecule has 3 fully saturated rings. The molecule has 0 aromatic carbocycles. The van der Waals surface area contributed by atoms with Gasteiger partial charge in [-0.1, -0.05) is 0 Å². The lowest BCUT2D eigenvalue weighted by molar-refractivity contribution is -0.136. The maximum Gasteiger partial charge on any atom is 0.328 e. The minimum atomic E-state index is -1.26. The summed E-state index contributed by atoms with van der Waals surface area (Å²) in [5.41, 5.74) is 0. The first-order valence-corrected chi connectivity index (χ1v) is 10.1. The summed E-state index contributed by atoms with van der Waals surface area (Å²) < 4.78 is 5.36. The standard InChI is InChI=1S/C15H26N4O3.C4H4O4/c20-14-2-1-13(16-14)15(21)19-7-5-17(6-8-19)3-4-18-9-11-22-12-10-18;5-3(6)1-2-4(7)8/h13H,1-12H2,(H,16,20);1-2H,(H,5,6)(H,7,8). The van der Waals surface area contributed by atoms with E-state index in [1.54, 1.807) is 0 Å². The van der Waals surface area contributed by atoms with Gasteiger partial charge in [-0.05, 0) is 6.42 Å². The molecule has 2 amide bonds. The molecule has 3 saturated heterocycles. The van der Waals surface area contributed by atoms with E-state index >= 15 is 0 Å². The Morgan fingerprint density at radius 1 is 0.933 bits per heavy atom. The molecule has 0 spiro atoms. The summed E-state index contributed by atoms with van der Waals surface area (Å²) in [6.45, 7) is 9.28. The Kier molecular flexibility index (Phi) is 9.71. The van der Waals surface area contributed by atoms with Gasteiger partial charge in [0, 0.05) is 70.9 Å². The minimum Gasteiger partial charge on any atom is -0.478 e. The van der Waals surface area contributed by atoms with Crippen molar-refractivity contribution in [2.75, 3.05) is 65.6 Å². The van der Waals surface area contributed by atoms with Crippen LogP contribution >= 0.6 is 0 Å². The van der Waals surface area contributed by atoms with Crippen molar-refractivity contribution in [2.24, 2.45) is 0 Å². The second-order valence-corrected chi connectivity index (χ2v) is 7.29. The number of hydrogen-bond donors (Lipinski definition) is 3. The van der Waals surface area contributed by atoms with Crippen LogP contribution in [-0.2, 0) is 23.9 Å². The molecule has 30 heavy (non-hydrogen) atoms. The highest BCUT2D eigenvalue weighted by atomic mass is 16.5. The van der Waals surface area contributed by atoms with Crippen molar-refractivity contribution in [1.29, 1.82) is 0 Å². The van der Waals surface area contributed by atoms with Gasteiger partial charge in [0.2, 0.25) is 11.8 Å². The van der Waals surface area contributed by atoms with Crippen molar-refractivity contribution in [3.63, 3.8) is 0 Å². The van der Waals surface area contributed by atoms with Crippen LogP contribution in [0, 0.1) is 0 Å². The summed E-state index contributed by atoms with van der Waals surface area (Å²) >= 11 is 0. The number of nitrogens with zero attached hydrogens (tertiary/aromatic N) is 3. The maximum atomic E-state index is 12.3. The van der Waals surface area contributed by atoms with Gasteiger partial charge in [-0.3, -0.25) is 19.4 Å². The fourth-order valence-corrected chi connectivity index (χ4v) is 3.46. The first-order valence-electron chi connectivity index (χ1n) is 10.1. The zero-order chi connectivity index (χ0) is 21.9. The lowest BCUT2D eigenvalue weighted by Crippen LogP contribution is -2.54. The summed E-state index contributed by atoms with van der Waals surface area (Å²) in [4.78, 5) is 49.4. The zero-order valence-corrected chi connectivity index (χ0v) is 17.0. The molecule has 1 atom stereocenters. The molecule has 168 valence electrons. The third-order valence-corrected chi connectivity index (χ3v) is 5.18. The normalized spacial score (nSPS) is 23.0. The van der Waals surface area contributed by atoms with Gasteiger partial charge in [-0.2, -0.15) is 0 Å². The quantitative estimate of drug-likeness (QED) is 0.431. The number of carboxylic acids is 2. The molecule has 0 aromatic rings. The lowest BCUT2D eigenvalue weighted by atomic mass is 10.2. The van der Waals surface area contributed by atoms with Crippen molar-refractivity contribution in [2.45, 2.75) is 18.9 Å². The average molecular weight is 426 g/mol. The van der Waals surface area contributed by atoms with Crippen LogP contribution in [0.4, 0.5) is 0 Å². The molecule has 0 saturated carbocycles. The summed E-state index contributed by atoms with van der Waals surface area (Å²) in [6, 6.07) is -0.285. The van der Waals surface area contributed by atoms with Gasteiger partial charge in [0.25, 0.3) is 0 Å². The van der Waals surface area contributed by atoms with Crippen molar-refractivity contribution in [3.05, 3.63) is 12.2 Å². The number of nitrogens with one attached hydrogen (secondary N) is 1. The summed E-state index contributed by atoms with van der Waals surface area (Å²) in [7, 11) is 0. The number of carbonyl (C=O) groups excluding carboxylic acids is 2. The second kappa shape index (κ2) is 12.3. The fourth-order valence-electron chi connectivity index (χ4n) is 3.46. The van der Waals surface area contributed by atoms with Crippen molar-refractivity contribution in [1.82, 2.24) is 20.0 Å². The summed E-state index contributed by atoms with van der Waals surface area (Å²) in [6.07, 6.45) is 2.25. The molecule has 1 unspecified atom stereocenters. The van der Waals surface area contributed by atoms with Gasteiger partial charge in [0.05, 0.1) is 13.2 Å². The van der Waals surface area contributed by atoms with E-state index in [0.717, 1.165) is 65.6 Å². The van der Waals surface area contributed by atoms with E-state index in [1.165, 1.54) is 0 Å². The molecule has 0 aromatic heterocycles. The van der Waals surface area contributed by atoms with Crippen LogP contribution in [0.3, 0.4) is 0 Å². The van der Waals surface area contributed by atoms with Gasteiger partial charge in [-0.15, -0.1) is 0 Å². The number of carbonyl (C=O) groups is 4. The van der Waals surface area contributed by atoms with Crippen LogP contribution in [0.1, 0.15) is 12.8 Å². The largest absolute Gasteiger partial charge is 0.478 e. The molecule has 3 N–H and O–H groups in total. The Bertz CT molecular complexity index is 625. The van der Waals surface area contributed by atoms with E-state index in [0.29, 0.717) is 25.0 Å². The molecule has 3 rings (SSSR count). The first kappa shape index (κ1) is 23.8. The van der Waals surface area contributed by atoms with E-state index in [4.69, 9.17) is 14.9 Å². The van der Waals surface area contributed by atoms with Gasteiger partial charge < -0.3 is 25.2 Å². The zero-order valence-electron chi connectivity index (χ0n) is 17.0. The SMILES string of the molecule is O=C(O)C=CC(=O)O.O=C1CCC(C(=O)N2CCN(CCN3CCOCC3)CC2)N1. The third-order valence-electron chi connectivity index (χ3n) is 5.18. The predicted octanol–water partition coefficient (Wildman–Crippen LogP) is -1.55. The van der Waals surface area contributed by atoms with Crippen LogP contribution in [-0.4, -0.2) is 120 Å². The average Bonchev–Trinajstić information content (AvgIpc) is 3.18. The van der Waals surface area contributed by atoms with Crippen LogP contribution in [0.2, 0.25) is 0 Å². The van der Waals surface area contributed by atoms with Gasteiger partial charge in [0.1, 0.15) is 6.04 Å². The predicted molar refractivity (Wildman–Crippen MR) is 106 cm³/mol. The van der Waals surface area contributed by atoms with Crippen molar-refractivity contribution >= 4 is 23.8 Å². The number of ether oxygens (including phenoxy) is 1. The van der Waals surface area contributed by atoms with Crippen LogP contribution in [0.25, 0.3) is 0 Å². The molecule has 0 bridgehead atoms. The number of carboxylic acid groups (broad SMARTS) is 2. The van der Waals surface area contributed by atoms with Crippen LogP contribution in [0.15, 0.2) is 12.2 Å². The van der Waals surface area contributed by atoms with Crippen LogP contribution < -0.4 is 5.32 Å². The smallest absolute Gasteiger partial charge is 0.328 e. The maximum absolute atomic E-state index is 12.3. The highest BCUT2D eigenvalue weighted by Gasteiger charge is 2.32. The van der Waals surface area contributed by atoms with Crippen molar-refractivity contribution in [3.8, 4) is 0 Å². The number of morpholine rings is 1. The highest BCUT2D eigenvalue weighted by molar-refractivity contribution is 5.91. The number of hydrogen-bond acceptors (Lipinski definition) is 7. The minimum absolute atomic E-state index is 0.00231. The van der Waals surface area contributed by atoms with Crippen molar-refractivity contribution < 1.29 is 34.1 Å². The number of piperazine rings is 1. The highest BCUT2D eigenvalue weighted by Crippen LogP contribution is 2.12. The van der Waals surface area contributed by atoms with E-state index < -0.39 is 11.9 Å². The molecule has 3 aliphatic heterocycles. The Hall–Kier alpha value is -2.50. The molecule has 0 radical (unpaired) electrons. The van der Waals surface area contributed by atoms with E-state index in [9.17, 15) is 19.2 Å². The monoisotopic (exact) mass is 426 g/mol. The molecule has 11 nitrogen and oxygen atoms in total. The lowest BCUT2D eigenvalue weighted by Gasteiger charge is -2.37. The second-order valence-electron chi connectivity index (χ2n) is 7.29. The van der Waals surface area contributed by atoms with E-state index in [2.05, 4.69) is 15.1 Å². The molecule has 11 heteroatoms. The van der Waals surface area contributed by atoms with E-state index in [1.807, 2.05) is 4.90 Å². The third kappa shape index (κ3) is 8.47. The van der Waals surface area contributed by atoms with Gasteiger partial charge in [0.15, 0.2) is 0 Å². The Morgan fingerprint density at radius 3 is 1.93 bits per heavy atom. The summed E-state index contributed by atoms with van der Waals surface area (Å²) in [5.74, 6) is -2.42. The number of amides is 2. The van der Waals surface area contributed by atoms with Gasteiger partial charge >= 0.3 is 11.9 Å². The number of aliphatic carboxylic acids is 2. The molecule has 0 aliphatic carbocycles. The van der Waals surface area contributed by atoms with Crippen LogP contribution in [0.5, 0.6) is 0 Å². The first-order chi connectivity index (χ1) is 14.3.